The average Bonchev–Trinajstić information content (AvgIpc) is 2.92. The molecule has 0 aliphatic carbocycles. The minimum Gasteiger partial charge on any atom is -0.481 e. The highest BCUT2D eigenvalue weighted by molar-refractivity contribution is 7.19. The third-order valence-electron chi connectivity index (χ3n) is 3.43. The van der Waals surface area contributed by atoms with E-state index in [1.165, 1.54) is 11.3 Å². The van der Waals surface area contributed by atoms with Crippen LogP contribution in [-0.4, -0.2) is 16.1 Å². The van der Waals surface area contributed by atoms with Crippen molar-refractivity contribution in [1.29, 1.82) is 0 Å². The first-order chi connectivity index (χ1) is 10.6. The van der Waals surface area contributed by atoms with Crippen LogP contribution in [0, 0.1) is 6.92 Å². The standard InChI is InChI=1S/C18H15NO2S/c1-12-6-2-3-7-13(12)10-14(11-17(20)21)18-19-15-8-4-5-9-16(15)22-18/h2-10H,11H2,1H3,(H,20,21)/b14-10+. The number of rotatable bonds is 4. The van der Waals surface area contributed by atoms with Gasteiger partial charge in [0.25, 0.3) is 0 Å². The van der Waals surface area contributed by atoms with Crippen LogP contribution < -0.4 is 0 Å². The minimum absolute atomic E-state index is 0.0336. The van der Waals surface area contributed by atoms with Crippen molar-refractivity contribution in [2.45, 2.75) is 13.3 Å². The van der Waals surface area contributed by atoms with Crippen LogP contribution in [-0.2, 0) is 4.79 Å². The number of carbonyl (C=O) groups is 1. The van der Waals surface area contributed by atoms with E-state index in [0.717, 1.165) is 31.9 Å². The van der Waals surface area contributed by atoms with E-state index in [-0.39, 0.29) is 6.42 Å². The SMILES string of the molecule is Cc1ccccc1/C=C(\CC(=O)O)c1nc2ccccc2s1. The molecule has 1 N–H and O–H groups in total. The molecule has 0 radical (unpaired) electrons. The van der Waals surface area contributed by atoms with E-state index in [1.807, 2.05) is 61.5 Å². The quantitative estimate of drug-likeness (QED) is 0.765. The second-order valence-corrected chi connectivity index (χ2v) is 6.11. The zero-order valence-corrected chi connectivity index (χ0v) is 12.9. The summed E-state index contributed by atoms with van der Waals surface area (Å²) in [5.74, 6) is -0.848. The number of carboxylic acids is 1. The van der Waals surface area contributed by atoms with Crippen molar-refractivity contribution in [2.75, 3.05) is 0 Å². The van der Waals surface area contributed by atoms with E-state index in [1.54, 1.807) is 0 Å². The van der Waals surface area contributed by atoms with Crippen LogP contribution in [0.3, 0.4) is 0 Å². The van der Waals surface area contributed by atoms with Gasteiger partial charge in [-0.25, -0.2) is 4.98 Å². The highest BCUT2D eigenvalue weighted by atomic mass is 32.1. The maximum atomic E-state index is 11.2. The molecule has 0 saturated carbocycles. The highest BCUT2D eigenvalue weighted by Crippen LogP contribution is 2.30. The number of para-hydroxylation sites is 1. The third kappa shape index (κ3) is 3.07. The second kappa shape index (κ2) is 6.12. The van der Waals surface area contributed by atoms with Gasteiger partial charge >= 0.3 is 5.97 Å². The summed E-state index contributed by atoms with van der Waals surface area (Å²) >= 11 is 1.53. The van der Waals surface area contributed by atoms with Gasteiger partial charge in [-0.2, -0.15) is 0 Å². The van der Waals surface area contributed by atoms with Gasteiger partial charge in [-0.3, -0.25) is 4.79 Å². The minimum atomic E-state index is -0.848. The molecule has 2 aromatic carbocycles. The second-order valence-electron chi connectivity index (χ2n) is 5.08. The van der Waals surface area contributed by atoms with Gasteiger partial charge in [-0.1, -0.05) is 36.4 Å². The van der Waals surface area contributed by atoms with Crippen LogP contribution in [0.2, 0.25) is 0 Å². The Labute approximate surface area is 132 Å². The number of aromatic nitrogens is 1. The first-order valence-electron chi connectivity index (χ1n) is 6.97. The van der Waals surface area contributed by atoms with Crippen molar-refractivity contribution in [1.82, 2.24) is 4.98 Å². The molecule has 0 aliphatic heterocycles. The Morgan fingerprint density at radius 2 is 1.91 bits per heavy atom. The molecule has 0 atom stereocenters. The number of hydrogen-bond acceptors (Lipinski definition) is 3. The zero-order chi connectivity index (χ0) is 15.5. The molecule has 0 fully saturated rings. The Bertz CT molecular complexity index is 831. The number of carboxylic acid groups (broad SMARTS) is 1. The number of hydrogen-bond donors (Lipinski definition) is 1. The molecule has 0 aliphatic rings. The monoisotopic (exact) mass is 309 g/mol. The summed E-state index contributed by atoms with van der Waals surface area (Å²) in [6, 6.07) is 15.8. The van der Waals surface area contributed by atoms with E-state index in [9.17, 15) is 9.90 Å². The first-order valence-corrected chi connectivity index (χ1v) is 7.79. The summed E-state index contributed by atoms with van der Waals surface area (Å²) in [6.45, 7) is 2.02. The van der Waals surface area contributed by atoms with Crippen molar-refractivity contribution >= 4 is 39.2 Å². The molecule has 3 rings (SSSR count). The number of aryl methyl sites for hydroxylation is 1. The molecule has 0 spiro atoms. The van der Waals surface area contributed by atoms with E-state index >= 15 is 0 Å². The fourth-order valence-corrected chi connectivity index (χ4v) is 3.28. The number of nitrogens with zero attached hydrogens (tertiary/aromatic N) is 1. The molecular weight excluding hydrogens is 294 g/mol. The summed E-state index contributed by atoms with van der Waals surface area (Å²) < 4.78 is 1.07. The van der Waals surface area contributed by atoms with Crippen LogP contribution in [0.15, 0.2) is 48.5 Å². The molecule has 3 aromatic rings. The molecule has 0 bridgehead atoms. The molecule has 0 saturated heterocycles. The number of benzene rings is 2. The Hall–Kier alpha value is -2.46. The summed E-state index contributed by atoms with van der Waals surface area (Å²) in [4.78, 5) is 15.8. The molecule has 0 unspecified atom stereocenters. The van der Waals surface area contributed by atoms with Gasteiger partial charge in [0, 0.05) is 0 Å². The van der Waals surface area contributed by atoms with Gasteiger partial charge in [0.1, 0.15) is 5.01 Å². The van der Waals surface area contributed by atoms with Crippen LogP contribution in [0.5, 0.6) is 0 Å². The van der Waals surface area contributed by atoms with Gasteiger partial charge in [-0.15, -0.1) is 11.3 Å². The topological polar surface area (TPSA) is 50.2 Å². The Kier molecular flexibility index (Phi) is 4.02. The third-order valence-corrected chi connectivity index (χ3v) is 4.54. The molecule has 0 amide bonds. The van der Waals surface area contributed by atoms with E-state index < -0.39 is 5.97 Å². The lowest BCUT2D eigenvalue weighted by Gasteiger charge is -2.04. The van der Waals surface area contributed by atoms with Gasteiger partial charge in [0.15, 0.2) is 0 Å². The van der Waals surface area contributed by atoms with Crippen molar-refractivity contribution < 1.29 is 9.90 Å². The zero-order valence-electron chi connectivity index (χ0n) is 12.1. The van der Waals surface area contributed by atoms with E-state index in [2.05, 4.69) is 4.98 Å². The lowest BCUT2D eigenvalue weighted by Crippen LogP contribution is -1.97. The fraction of sp³-hybridized carbons (Fsp3) is 0.111. The van der Waals surface area contributed by atoms with Crippen LogP contribution in [0.4, 0.5) is 0 Å². The fourth-order valence-electron chi connectivity index (χ4n) is 2.30. The predicted octanol–water partition coefficient (Wildman–Crippen LogP) is 4.62. The number of fused-ring (bicyclic) bond motifs is 1. The van der Waals surface area contributed by atoms with Crippen LogP contribution in [0.1, 0.15) is 22.6 Å². The maximum absolute atomic E-state index is 11.2. The molecule has 4 heteroatoms. The van der Waals surface area contributed by atoms with Gasteiger partial charge in [0.05, 0.1) is 16.6 Å². The molecule has 110 valence electrons. The summed E-state index contributed by atoms with van der Waals surface area (Å²) in [5, 5.41) is 9.97. The molecular formula is C18H15NO2S. The Morgan fingerprint density at radius 3 is 2.64 bits per heavy atom. The molecule has 22 heavy (non-hydrogen) atoms. The smallest absolute Gasteiger partial charge is 0.307 e. The van der Waals surface area contributed by atoms with E-state index in [4.69, 9.17) is 0 Å². The number of thiazole rings is 1. The molecule has 1 heterocycles. The Morgan fingerprint density at radius 1 is 1.18 bits per heavy atom. The van der Waals surface area contributed by atoms with E-state index in [0.29, 0.717) is 0 Å². The normalized spacial score (nSPS) is 11.8. The predicted molar refractivity (Wildman–Crippen MR) is 90.9 cm³/mol. The van der Waals surface area contributed by atoms with Crippen molar-refractivity contribution in [3.63, 3.8) is 0 Å². The van der Waals surface area contributed by atoms with Crippen molar-refractivity contribution in [2.24, 2.45) is 0 Å². The van der Waals surface area contributed by atoms with Gasteiger partial charge in [-0.05, 0) is 41.8 Å². The lowest BCUT2D eigenvalue weighted by molar-refractivity contribution is -0.135. The number of aliphatic carboxylic acids is 1. The average molecular weight is 309 g/mol. The first kappa shape index (κ1) is 14.5. The Balaban J connectivity index is 2.10. The summed E-state index contributed by atoms with van der Waals surface area (Å²) in [6.07, 6.45) is 1.90. The summed E-state index contributed by atoms with van der Waals surface area (Å²) in [7, 11) is 0. The van der Waals surface area contributed by atoms with Crippen LogP contribution in [0.25, 0.3) is 21.9 Å². The van der Waals surface area contributed by atoms with Crippen molar-refractivity contribution in [3.05, 3.63) is 64.7 Å². The van der Waals surface area contributed by atoms with Crippen LogP contribution >= 0.6 is 11.3 Å². The highest BCUT2D eigenvalue weighted by Gasteiger charge is 2.12. The maximum Gasteiger partial charge on any atom is 0.307 e. The van der Waals surface area contributed by atoms with Crippen molar-refractivity contribution in [3.8, 4) is 0 Å². The van der Waals surface area contributed by atoms with Gasteiger partial charge in [0.2, 0.25) is 0 Å². The summed E-state index contributed by atoms with van der Waals surface area (Å²) in [5.41, 5.74) is 3.79. The lowest BCUT2D eigenvalue weighted by atomic mass is 10.0. The largest absolute Gasteiger partial charge is 0.481 e. The van der Waals surface area contributed by atoms with Gasteiger partial charge < -0.3 is 5.11 Å². The molecule has 1 aromatic heterocycles. The molecule has 3 nitrogen and oxygen atoms in total.